The summed E-state index contributed by atoms with van der Waals surface area (Å²) in [5.74, 6) is -1.70. The monoisotopic (exact) mass is 453 g/mol. The topological polar surface area (TPSA) is 96.9 Å². The first-order chi connectivity index (χ1) is 15.5. The Labute approximate surface area is 189 Å². The van der Waals surface area contributed by atoms with E-state index in [0.29, 0.717) is 29.4 Å². The van der Waals surface area contributed by atoms with E-state index in [-0.39, 0.29) is 49.1 Å². The highest BCUT2D eigenvalue weighted by Gasteiger charge is 2.46. The van der Waals surface area contributed by atoms with Crippen LogP contribution in [0.5, 0.6) is 0 Å². The van der Waals surface area contributed by atoms with E-state index in [4.69, 9.17) is 4.74 Å². The second-order valence-corrected chi connectivity index (χ2v) is 8.54. The van der Waals surface area contributed by atoms with Crippen LogP contribution in [0.25, 0.3) is 0 Å². The molecule has 32 heavy (non-hydrogen) atoms. The maximum absolute atomic E-state index is 12.5. The molecule has 1 fully saturated rings. The number of rotatable bonds is 7. The molecule has 1 aromatic heterocycles. The Kier molecular flexibility index (Phi) is 6.45. The lowest BCUT2D eigenvalue weighted by Gasteiger charge is -2.17. The highest BCUT2D eigenvalue weighted by molar-refractivity contribution is 7.14. The molecule has 166 valence electrons. The first-order valence-corrected chi connectivity index (χ1v) is 11.3. The molecule has 2 unspecified atom stereocenters. The molecular weight excluding hydrogens is 430 g/mol. The van der Waals surface area contributed by atoms with Crippen molar-refractivity contribution in [2.45, 2.75) is 32.8 Å². The van der Waals surface area contributed by atoms with Crippen molar-refractivity contribution in [2.24, 2.45) is 11.8 Å². The third-order valence-electron chi connectivity index (χ3n) is 5.58. The second-order valence-electron chi connectivity index (χ2n) is 7.71. The minimum atomic E-state index is -0.514. The van der Waals surface area contributed by atoms with Gasteiger partial charge in [-0.05, 0) is 25.0 Å². The molecule has 0 bridgehead atoms. The van der Waals surface area contributed by atoms with Crippen molar-refractivity contribution in [3.8, 4) is 0 Å². The third-order valence-corrected chi connectivity index (χ3v) is 6.45. The highest BCUT2D eigenvalue weighted by atomic mass is 32.1. The fourth-order valence-electron chi connectivity index (χ4n) is 3.99. The van der Waals surface area contributed by atoms with E-state index in [0.717, 1.165) is 0 Å². The first kappa shape index (κ1) is 21.9. The Morgan fingerprint density at radius 2 is 1.78 bits per heavy atom. The van der Waals surface area contributed by atoms with E-state index in [1.807, 2.05) is 42.5 Å². The van der Waals surface area contributed by atoms with Crippen molar-refractivity contribution in [2.75, 3.05) is 11.4 Å². The molecule has 9 heteroatoms. The fourth-order valence-corrected chi connectivity index (χ4v) is 4.86. The van der Waals surface area contributed by atoms with E-state index in [1.54, 1.807) is 5.38 Å². The van der Waals surface area contributed by atoms with E-state index >= 15 is 0 Å². The van der Waals surface area contributed by atoms with Crippen LogP contribution in [-0.4, -0.2) is 40.1 Å². The van der Waals surface area contributed by atoms with Crippen molar-refractivity contribution < 1.29 is 23.9 Å². The van der Waals surface area contributed by atoms with Gasteiger partial charge < -0.3 is 4.74 Å². The van der Waals surface area contributed by atoms with Gasteiger partial charge in [0.2, 0.25) is 17.7 Å². The van der Waals surface area contributed by atoms with Gasteiger partial charge in [0.05, 0.1) is 29.6 Å². The summed E-state index contributed by atoms with van der Waals surface area (Å²) in [4.78, 5) is 56.3. The van der Waals surface area contributed by atoms with Gasteiger partial charge in [-0.1, -0.05) is 30.4 Å². The maximum atomic E-state index is 12.5. The third kappa shape index (κ3) is 4.47. The SMILES string of the molecule is CC(=O)N(c1ccccc1)c1nc(COC(=O)CCN2C(=O)C3CC=CCC3C2=O)cs1. The van der Waals surface area contributed by atoms with Gasteiger partial charge in [-0.15, -0.1) is 11.3 Å². The smallest absolute Gasteiger partial charge is 0.307 e. The number of allylic oxidation sites excluding steroid dienone is 2. The van der Waals surface area contributed by atoms with Gasteiger partial charge in [0.15, 0.2) is 5.13 Å². The van der Waals surface area contributed by atoms with Gasteiger partial charge in [0.25, 0.3) is 0 Å². The number of amides is 3. The number of anilines is 2. The van der Waals surface area contributed by atoms with E-state index in [9.17, 15) is 19.2 Å². The molecular formula is C23H23N3O5S. The van der Waals surface area contributed by atoms with Crippen LogP contribution in [0.4, 0.5) is 10.8 Å². The molecule has 3 amide bonds. The normalized spacial score (nSPS) is 19.7. The van der Waals surface area contributed by atoms with Crippen molar-refractivity contribution in [3.05, 3.63) is 53.6 Å². The zero-order valence-electron chi connectivity index (χ0n) is 17.6. The molecule has 1 aromatic carbocycles. The number of nitrogens with zero attached hydrogens (tertiary/aromatic N) is 3. The summed E-state index contributed by atoms with van der Waals surface area (Å²) < 4.78 is 5.28. The largest absolute Gasteiger partial charge is 0.459 e. The number of esters is 1. The van der Waals surface area contributed by atoms with Crippen molar-refractivity contribution in [3.63, 3.8) is 0 Å². The number of para-hydroxylation sites is 1. The number of carbonyl (C=O) groups excluding carboxylic acids is 4. The van der Waals surface area contributed by atoms with Crippen LogP contribution in [0.15, 0.2) is 47.9 Å². The molecule has 2 heterocycles. The van der Waals surface area contributed by atoms with E-state index in [1.165, 1.54) is 28.1 Å². The summed E-state index contributed by atoms with van der Waals surface area (Å²) in [6.45, 7) is 1.44. The molecule has 0 radical (unpaired) electrons. The van der Waals surface area contributed by atoms with Gasteiger partial charge in [0.1, 0.15) is 6.61 Å². The van der Waals surface area contributed by atoms with Crippen LogP contribution in [0, 0.1) is 11.8 Å². The van der Waals surface area contributed by atoms with Crippen LogP contribution in [-0.2, 0) is 30.5 Å². The van der Waals surface area contributed by atoms with Crippen LogP contribution in [0.1, 0.15) is 31.9 Å². The number of thiazole rings is 1. The highest BCUT2D eigenvalue weighted by Crippen LogP contribution is 2.35. The fraction of sp³-hybridized carbons (Fsp3) is 0.348. The summed E-state index contributed by atoms with van der Waals surface area (Å²) in [6.07, 6.45) is 4.94. The molecule has 4 rings (SSSR count). The summed E-state index contributed by atoms with van der Waals surface area (Å²) in [5, 5.41) is 2.21. The Balaban J connectivity index is 1.30. The molecule has 0 saturated carbocycles. The molecule has 2 atom stereocenters. The molecule has 0 N–H and O–H groups in total. The lowest BCUT2D eigenvalue weighted by atomic mass is 9.85. The number of likely N-dealkylation sites (tertiary alicyclic amines) is 1. The van der Waals surface area contributed by atoms with Gasteiger partial charge in [0, 0.05) is 18.8 Å². The average molecular weight is 454 g/mol. The molecule has 8 nitrogen and oxygen atoms in total. The van der Waals surface area contributed by atoms with E-state index < -0.39 is 5.97 Å². The minimum absolute atomic E-state index is 0.0257. The van der Waals surface area contributed by atoms with Crippen molar-refractivity contribution in [1.29, 1.82) is 0 Å². The number of ether oxygens (including phenoxy) is 1. The lowest BCUT2D eigenvalue weighted by molar-refractivity contribution is -0.147. The summed E-state index contributed by atoms with van der Waals surface area (Å²) in [7, 11) is 0. The minimum Gasteiger partial charge on any atom is -0.459 e. The Morgan fingerprint density at radius 1 is 1.12 bits per heavy atom. The standard InChI is InChI=1S/C23H23N3O5S/c1-15(27)26(17-7-3-2-4-8-17)23-24-16(14-32-23)13-31-20(28)11-12-25-21(29)18-9-5-6-10-19(18)22(25)30/h2-8,14,18-19H,9-13H2,1H3. The summed E-state index contributed by atoms with van der Waals surface area (Å²) in [6, 6.07) is 9.17. The second kappa shape index (κ2) is 9.44. The number of hydrogen-bond donors (Lipinski definition) is 0. The molecule has 2 aromatic rings. The predicted octanol–water partition coefficient (Wildman–Crippen LogP) is 3.21. The Morgan fingerprint density at radius 3 is 2.41 bits per heavy atom. The molecule has 1 aliphatic carbocycles. The molecule has 2 aliphatic rings. The van der Waals surface area contributed by atoms with Crippen LogP contribution in [0.3, 0.4) is 0 Å². The molecule has 0 spiro atoms. The number of hydrogen-bond acceptors (Lipinski definition) is 7. The van der Waals surface area contributed by atoms with Crippen LogP contribution < -0.4 is 4.90 Å². The molecule has 1 aliphatic heterocycles. The zero-order valence-corrected chi connectivity index (χ0v) is 18.4. The van der Waals surface area contributed by atoms with Gasteiger partial charge in [-0.3, -0.25) is 29.0 Å². The summed E-state index contributed by atoms with van der Waals surface area (Å²) >= 11 is 1.28. The van der Waals surface area contributed by atoms with Crippen LogP contribution in [0.2, 0.25) is 0 Å². The van der Waals surface area contributed by atoms with Gasteiger partial charge >= 0.3 is 5.97 Å². The lowest BCUT2D eigenvalue weighted by Crippen LogP contribution is -2.33. The number of benzene rings is 1. The van der Waals surface area contributed by atoms with E-state index in [2.05, 4.69) is 4.98 Å². The first-order valence-electron chi connectivity index (χ1n) is 10.4. The quantitative estimate of drug-likeness (QED) is 0.363. The zero-order chi connectivity index (χ0) is 22.7. The van der Waals surface area contributed by atoms with Gasteiger partial charge in [-0.2, -0.15) is 0 Å². The maximum Gasteiger partial charge on any atom is 0.307 e. The number of imide groups is 1. The van der Waals surface area contributed by atoms with Gasteiger partial charge in [-0.25, -0.2) is 4.98 Å². The van der Waals surface area contributed by atoms with Crippen LogP contribution >= 0.6 is 11.3 Å². The summed E-state index contributed by atoms with van der Waals surface area (Å²) in [5.41, 5.74) is 1.22. The Bertz CT molecular complexity index is 1040. The number of fused-ring (bicyclic) bond motifs is 1. The predicted molar refractivity (Wildman–Crippen MR) is 118 cm³/mol. The van der Waals surface area contributed by atoms with Crippen molar-refractivity contribution in [1.82, 2.24) is 9.88 Å². The Hall–Kier alpha value is -3.33. The van der Waals surface area contributed by atoms with Crippen molar-refractivity contribution >= 4 is 45.8 Å². The number of carbonyl (C=O) groups is 4. The number of aromatic nitrogens is 1. The average Bonchev–Trinajstić information content (AvgIpc) is 3.35. The molecule has 1 saturated heterocycles.